The molecule has 0 saturated heterocycles. The Kier molecular flexibility index (Phi) is 4.61. The molecule has 4 N–H and O–H groups in total. The molecule has 4 unspecified atom stereocenters. The number of carboxylic acid groups (broad SMARTS) is 1. The largest absolute Gasteiger partial charge is 0.480 e. The van der Waals surface area contributed by atoms with Crippen molar-refractivity contribution in [2.45, 2.75) is 76.3 Å². The van der Waals surface area contributed by atoms with Crippen molar-refractivity contribution >= 4 is 11.9 Å². The van der Waals surface area contributed by atoms with Gasteiger partial charge in [-0.25, -0.2) is 4.79 Å². The van der Waals surface area contributed by atoms with Crippen LogP contribution in [-0.2, 0) is 9.59 Å². The predicted octanol–water partition coefficient (Wildman–Crippen LogP) is 2.04. The van der Waals surface area contributed by atoms with Gasteiger partial charge < -0.3 is 16.2 Å². The van der Waals surface area contributed by atoms with Crippen molar-refractivity contribution in [1.29, 1.82) is 0 Å². The molecule has 0 aliphatic heterocycles. The lowest BCUT2D eigenvalue weighted by Crippen LogP contribution is -2.65. The molecule has 2 aliphatic rings. The zero-order valence-corrected chi connectivity index (χ0v) is 13.2. The van der Waals surface area contributed by atoms with E-state index in [4.69, 9.17) is 5.73 Å². The Labute approximate surface area is 126 Å². The molecule has 2 rings (SSSR count). The molecule has 2 saturated carbocycles. The second-order valence-corrected chi connectivity index (χ2v) is 7.40. The summed E-state index contributed by atoms with van der Waals surface area (Å²) in [7, 11) is 0. The topological polar surface area (TPSA) is 92.4 Å². The Morgan fingerprint density at radius 1 is 1.10 bits per heavy atom. The van der Waals surface area contributed by atoms with Gasteiger partial charge in [-0.3, -0.25) is 4.79 Å². The van der Waals surface area contributed by atoms with E-state index < -0.39 is 17.0 Å². The van der Waals surface area contributed by atoms with Crippen LogP contribution in [0.5, 0.6) is 0 Å². The van der Waals surface area contributed by atoms with E-state index >= 15 is 0 Å². The summed E-state index contributed by atoms with van der Waals surface area (Å²) in [5, 5.41) is 12.5. The third-order valence-electron chi connectivity index (χ3n) is 5.24. The number of rotatable bonds is 3. The van der Waals surface area contributed by atoms with Crippen LogP contribution in [0.15, 0.2) is 0 Å². The fourth-order valence-corrected chi connectivity index (χ4v) is 4.05. The second-order valence-electron chi connectivity index (χ2n) is 7.40. The predicted molar refractivity (Wildman–Crippen MR) is 80.7 cm³/mol. The van der Waals surface area contributed by atoms with Crippen molar-refractivity contribution in [3.63, 3.8) is 0 Å². The summed E-state index contributed by atoms with van der Waals surface area (Å²) in [6, 6.07) is 0. The van der Waals surface area contributed by atoms with E-state index in [1.54, 1.807) is 0 Å². The molecule has 21 heavy (non-hydrogen) atoms. The van der Waals surface area contributed by atoms with Crippen LogP contribution in [0.2, 0.25) is 0 Å². The normalized spacial score (nSPS) is 40.5. The van der Waals surface area contributed by atoms with Gasteiger partial charge in [0, 0.05) is 0 Å². The van der Waals surface area contributed by atoms with E-state index in [-0.39, 0.29) is 5.91 Å². The molecule has 0 spiro atoms. The van der Waals surface area contributed by atoms with Gasteiger partial charge in [0.2, 0.25) is 5.91 Å². The number of carbonyl (C=O) groups excluding carboxylic acids is 1. The molecule has 5 nitrogen and oxygen atoms in total. The van der Waals surface area contributed by atoms with E-state index in [0.717, 1.165) is 25.7 Å². The highest BCUT2D eigenvalue weighted by Crippen LogP contribution is 2.35. The van der Waals surface area contributed by atoms with Crippen LogP contribution in [0.4, 0.5) is 0 Å². The lowest BCUT2D eigenvalue weighted by Gasteiger charge is -2.41. The van der Waals surface area contributed by atoms with Crippen LogP contribution < -0.4 is 11.1 Å². The second kappa shape index (κ2) is 5.95. The van der Waals surface area contributed by atoms with Gasteiger partial charge in [-0.1, -0.05) is 39.5 Å². The molecule has 2 aliphatic carbocycles. The Balaban J connectivity index is 2.13. The van der Waals surface area contributed by atoms with E-state index in [9.17, 15) is 14.7 Å². The van der Waals surface area contributed by atoms with E-state index in [2.05, 4.69) is 12.2 Å². The Bertz CT molecular complexity index is 426. The summed E-state index contributed by atoms with van der Waals surface area (Å²) >= 11 is 0. The molecule has 0 aromatic rings. The number of amides is 1. The number of hydrogen-bond donors (Lipinski definition) is 3. The first-order chi connectivity index (χ1) is 9.77. The molecule has 120 valence electrons. The molecular weight excluding hydrogens is 268 g/mol. The van der Waals surface area contributed by atoms with Gasteiger partial charge in [0.25, 0.3) is 0 Å². The van der Waals surface area contributed by atoms with Gasteiger partial charge in [0.05, 0.1) is 5.54 Å². The Morgan fingerprint density at radius 2 is 1.67 bits per heavy atom. The lowest BCUT2D eigenvalue weighted by molar-refractivity contribution is -0.151. The number of carbonyl (C=O) groups is 2. The molecule has 5 heteroatoms. The van der Waals surface area contributed by atoms with Gasteiger partial charge in [0.15, 0.2) is 0 Å². The van der Waals surface area contributed by atoms with Crippen molar-refractivity contribution < 1.29 is 14.7 Å². The molecular formula is C16H28N2O3. The van der Waals surface area contributed by atoms with Gasteiger partial charge in [-0.2, -0.15) is 0 Å². The highest BCUT2D eigenvalue weighted by atomic mass is 16.4. The first-order valence-corrected chi connectivity index (χ1v) is 8.12. The van der Waals surface area contributed by atoms with Crippen molar-refractivity contribution in [3.8, 4) is 0 Å². The molecule has 4 atom stereocenters. The summed E-state index contributed by atoms with van der Waals surface area (Å²) in [4.78, 5) is 24.4. The minimum absolute atomic E-state index is 0.273. The molecule has 1 amide bonds. The molecule has 0 radical (unpaired) electrons. The van der Waals surface area contributed by atoms with Crippen LogP contribution in [0.1, 0.15) is 65.2 Å². The summed E-state index contributed by atoms with van der Waals surface area (Å²) in [6.07, 6.45) is 6.18. The standard InChI is InChI=1S/C16H28N2O3/c1-11-5-3-7-15(17,9-11)13(19)18-16(14(20)21)8-4-6-12(2)10-16/h11-12H,3-10,17H2,1-2H3,(H,18,19)(H,20,21). The third kappa shape index (κ3) is 3.39. The minimum atomic E-state index is -1.12. The number of carboxylic acids is 1. The fourth-order valence-electron chi connectivity index (χ4n) is 4.05. The first kappa shape index (κ1) is 16.3. The molecule has 0 aromatic carbocycles. The fraction of sp³-hybridized carbons (Fsp3) is 0.875. The highest BCUT2D eigenvalue weighted by molar-refractivity contribution is 5.92. The maximum absolute atomic E-state index is 12.7. The lowest BCUT2D eigenvalue weighted by atomic mass is 9.73. The number of nitrogens with one attached hydrogen (secondary N) is 1. The number of hydrogen-bond acceptors (Lipinski definition) is 3. The average Bonchev–Trinajstić information content (AvgIpc) is 2.38. The first-order valence-electron chi connectivity index (χ1n) is 8.12. The molecule has 0 heterocycles. The Hall–Kier alpha value is -1.10. The summed E-state index contributed by atoms with van der Waals surface area (Å²) in [6.45, 7) is 4.15. The van der Waals surface area contributed by atoms with Gasteiger partial charge >= 0.3 is 5.97 Å². The van der Waals surface area contributed by atoms with E-state index in [1.165, 1.54) is 0 Å². The SMILES string of the molecule is CC1CCCC(N)(C(=O)NC2(C(=O)O)CCCC(C)C2)C1. The minimum Gasteiger partial charge on any atom is -0.480 e. The highest BCUT2D eigenvalue weighted by Gasteiger charge is 2.47. The van der Waals surface area contributed by atoms with Crippen molar-refractivity contribution in [2.75, 3.05) is 0 Å². The van der Waals surface area contributed by atoms with Crippen molar-refractivity contribution in [1.82, 2.24) is 5.32 Å². The maximum Gasteiger partial charge on any atom is 0.329 e. The van der Waals surface area contributed by atoms with Crippen LogP contribution in [-0.4, -0.2) is 28.1 Å². The zero-order chi connectivity index (χ0) is 15.7. The van der Waals surface area contributed by atoms with Crippen LogP contribution in [0.3, 0.4) is 0 Å². The maximum atomic E-state index is 12.7. The third-order valence-corrected chi connectivity index (χ3v) is 5.24. The van der Waals surface area contributed by atoms with E-state index in [0.29, 0.717) is 37.5 Å². The van der Waals surface area contributed by atoms with Crippen LogP contribution >= 0.6 is 0 Å². The van der Waals surface area contributed by atoms with Crippen LogP contribution in [0.25, 0.3) is 0 Å². The quantitative estimate of drug-likeness (QED) is 0.743. The van der Waals surface area contributed by atoms with Gasteiger partial charge in [-0.05, 0) is 37.5 Å². The van der Waals surface area contributed by atoms with Gasteiger partial charge in [0.1, 0.15) is 5.54 Å². The van der Waals surface area contributed by atoms with Crippen molar-refractivity contribution in [3.05, 3.63) is 0 Å². The smallest absolute Gasteiger partial charge is 0.329 e. The molecule has 0 aromatic heterocycles. The molecule has 0 bridgehead atoms. The number of aliphatic carboxylic acids is 1. The average molecular weight is 296 g/mol. The summed E-state index contributed by atoms with van der Waals surface area (Å²) in [5.74, 6) is -0.463. The molecule has 2 fully saturated rings. The van der Waals surface area contributed by atoms with Gasteiger partial charge in [-0.15, -0.1) is 0 Å². The summed E-state index contributed by atoms with van der Waals surface area (Å²) < 4.78 is 0. The summed E-state index contributed by atoms with van der Waals surface area (Å²) in [5.41, 5.74) is 4.27. The van der Waals surface area contributed by atoms with Crippen molar-refractivity contribution in [2.24, 2.45) is 17.6 Å². The van der Waals surface area contributed by atoms with Crippen LogP contribution in [0, 0.1) is 11.8 Å². The zero-order valence-electron chi connectivity index (χ0n) is 13.2. The monoisotopic (exact) mass is 296 g/mol. The number of nitrogens with two attached hydrogens (primary N) is 1. The van der Waals surface area contributed by atoms with E-state index in [1.807, 2.05) is 6.92 Å². The Morgan fingerprint density at radius 3 is 2.19 bits per heavy atom.